The minimum Gasteiger partial charge on any atom is -0.294 e. The highest BCUT2D eigenvalue weighted by molar-refractivity contribution is 7.77. The van der Waals surface area contributed by atoms with Crippen LogP contribution in [-0.4, -0.2) is 15.3 Å². The summed E-state index contributed by atoms with van der Waals surface area (Å²) in [6.45, 7) is 2.93. The van der Waals surface area contributed by atoms with Gasteiger partial charge in [0.2, 0.25) is 11.3 Å². The van der Waals surface area contributed by atoms with Crippen molar-refractivity contribution < 1.29 is 8.76 Å². The van der Waals surface area contributed by atoms with E-state index < -0.39 is 11.3 Å². The van der Waals surface area contributed by atoms with Crippen LogP contribution in [0.2, 0.25) is 0 Å². The first-order valence-corrected chi connectivity index (χ1v) is 10.2. The van der Waals surface area contributed by atoms with E-state index in [0.717, 1.165) is 6.42 Å². The molecule has 0 aliphatic heterocycles. The minimum atomic E-state index is -1.83. The largest absolute Gasteiger partial charge is 0.294 e. The molecule has 0 saturated heterocycles. The van der Waals surface area contributed by atoms with Gasteiger partial charge in [0, 0.05) is 6.54 Å². The molecule has 0 fully saturated rings. The second kappa shape index (κ2) is 18.1. The Morgan fingerprint density at radius 2 is 1.00 bits per heavy atom. The van der Waals surface area contributed by atoms with Gasteiger partial charge in [-0.1, -0.05) is 96.8 Å². The maximum absolute atomic E-state index is 10.3. The molecule has 0 spiro atoms. The van der Waals surface area contributed by atoms with Gasteiger partial charge in [-0.2, -0.15) is 0 Å². The van der Waals surface area contributed by atoms with E-state index in [1.54, 1.807) is 0 Å². The maximum atomic E-state index is 10.3. The van der Waals surface area contributed by atoms with Crippen molar-refractivity contribution in [3.05, 3.63) is 0 Å². The molecule has 128 valence electrons. The molecule has 0 aliphatic rings. The lowest BCUT2D eigenvalue weighted by Crippen LogP contribution is -2.17. The van der Waals surface area contributed by atoms with Crippen molar-refractivity contribution in [3.63, 3.8) is 0 Å². The molecule has 0 aliphatic carbocycles. The third kappa shape index (κ3) is 20.1. The van der Waals surface area contributed by atoms with Crippen LogP contribution in [0.15, 0.2) is 0 Å². The molecular formula is C17H37NO2S. The molecule has 1 unspecified atom stereocenters. The lowest BCUT2D eigenvalue weighted by molar-refractivity contribution is 0.526. The number of hydrogen-bond donors (Lipinski definition) is 2. The van der Waals surface area contributed by atoms with Crippen LogP contribution in [0.5, 0.6) is 0 Å². The zero-order chi connectivity index (χ0) is 15.6. The van der Waals surface area contributed by atoms with Gasteiger partial charge in [-0.15, -0.1) is 0 Å². The summed E-state index contributed by atoms with van der Waals surface area (Å²) in [5.41, 5.74) is 0. The second-order valence-corrected chi connectivity index (χ2v) is 6.88. The van der Waals surface area contributed by atoms with Gasteiger partial charge >= 0.3 is 0 Å². The van der Waals surface area contributed by atoms with Crippen molar-refractivity contribution in [1.29, 1.82) is 0 Å². The molecule has 2 N–H and O–H groups in total. The standard InChI is InChI=1S/C17H37NO2S/c1-2-3-4-5-6-7-8-9-10-11-12-13-14-15-16-17-18-21(19)20/h18H,2-17H2,1H3,(H,19,20). The molecule has 1 atom stereocenters. The fourth-order valence-corrected chi connectivity index (χ4v) is 2.97. The zero-order valence-corrected chi connectivity index (χ0v) is 14.9. The van der Waals surface area contributed by atoms with Crippen molar-refractivity contribution in [1.82, 2.24) is 4.72 Å². The summed E-state index contributed by atoms with van der Waals surface area (Å²) < 4.78 is 21.4. The molecule has 0 amide bonds. The van der Waals surface area contributed by atoms with Gasteiger partial charge in [-0.3, -0.25) is 4.55 Å². The quantitative estimate of drug-likeness (QED) is 0.271. The van der Waals surface area contributed by atoms with Crippen molar-refractivity contribution in [2.45, 2.75) is 103 Å². The van der Waals surface area contributed by atoms with E-state index in [1.165, 1.54) is 89.9 Å². The van der Waals surface area contributed by atoms with E-state index in [2.05, 4.69) is 11.6 Å². The van der Waals surface area contributed by atoms with Crippen molar-refractivity contribution in [2.75, 3.05) is 6.54 Å². The van der Waals surface area contributed by atoms with Gasteiger partial charge in [-0.05, 0) is 6.42 Å². The number of rotatable bonds is 17. The van der Waals surface area contributed by atoms with Crippen molar-refractivity contribution in [3.8, 4) is 0 Å². The fraction of sp³-hybridized carbons (Fsp3) is 1.00. The Hall–Kier alpha value is 0.0700. The third-order valence-corrected chi connectivity index (χ3v) is 4.46. The molecule has 0 rings (SSSR count). The Labute approximate surface area is 135 Å². The molecule has 0 heterocycles. The predicted octanol–water partition coefficient (Wildman–Crippen LogP) is 5.58. The molecule has 0 aromatic rings. The first-order valence-electron chi connectivity index (χ1n) is 9.11. The third-order valence-electron chi connectivity index (χ3n) is 4.01. The highest BCUT2D eigenvalue weighted by atomic mass is 32.2. The van der Waals surface area contributed by atoms with Crippen molar-refractivity contribution >= 4 is 11.3 Å². The van der Waals surface area contributed by atoms with E-state index in [9.17, 15) is 4.21 Å². The minimum absolute atomic E-state index is 0.654. The number of unbranched alkanes of at least 4 members (excludes halogenated alkanes) is 14. The van der Waals surface area contributed by atoms with Gasteiger partial charge in [0.1, 0.15) is 0 Å². The number of hydrogen-bond acceptors (Lipinski definition) is 1. The zero-order valence-electron chi connectivity index (χ0n) is 14.1. The molecule has 0 radical (unpaired) electrons. The first-order chi connectivity index (χ1) is 10.3. The van der Waals surface area contributed by atoms with Crippen molar-refractivity contribution in [2.24, 2.45) is 0 Å². The van der Waals surface area contributed by atoms with Crippen LogP contribution < -0.4 is 4.72 Å². The molecule has 0 aromatic heterocycles. The highest BCUT2D eigenvalue weighted by Gasteiger charge is 1.95. The van der Waals surface area contributed by atoms with Gasteiger partial charge in [0.25, 0.3) is 0 Å². The van der Waals surface area contributed by atoms with E-state index in [0.29, 0.717) is 6.54 Å². The maximum Gasteiger partial charge on any atom is 0.231 e. The summed E-state index contributed by atoms with van der Waals surface area (Å²) in [6.07, 6.45) is 20.2. The molecule has 3 nitrogen and oxygen atoms in total. The summed E-state index contributed by atoms with van der Waals surface area (Å²) in [7, 11) is 0. The van der Waals surface area contributed by atoms with Gasteiger partial charge in [0.05, 0.1) is 0 Å². The van der Waals surface area contributed by atoms with Crippen LogP contribution in [0.3, 0.4) is 0 Å². The topological polar surface area (TPSA) is 49.3 Å². The highest BCUT2D eigenvalue weighted by Crippen LogP contribution is 2.13. The Bertz CT molecular complexity index is 225. The lowest BCUT2D eigenvalue weighted by atomic mass is 10.0. The molecule has 0 bridgehead atoms. The molecule has 0 saturated carbocycles. The van der Waals surface area contributed by atoms with Gasteiger partial charge in [-0.25, -0.2) is 8.93 Å². The summed E-state index contributed by atoms with van der Waals surface area (Å²) >= 11 is -1.83. The summed E-state index contributed by atoms with van der Waals surface area (Å²) in [5.74, 6) is 0. The first kappa shape index (κ1) is 21.1. The Kier molecular flexibility index (Phi) is 18.2. The molecule has 0 aromatic carbocycles. The van der Waals surface area contributed by atoms with E-state index in [-0.39, 0.29) is 0 Å². The Balaban J connectivity index is 2.95. The Morgan fingerprint density at radius 3 is 1.33 bits per heavy atom. The van der Waals surface area contributed by atoms with Crippen LogP contribution in [0, 0.1) is 0 Å². The number of nitrogens with one attached hydrogen (secondary N) is 1. The van der Waals surface area contributed by atoms with Gasteiger partial charge in [0.15, 0.2) is 0 Å². The smallest absolute Gasteiger partial charge is 0.231 e. The average Bonchev–Trinajstić information content (AvgIpc) is 2.46. The van der Waals surface area contributed by atoms with E-state index in [1.807, 2.05) is 0 Å². The van der Waals surface area contributed by atoms with E-state index in [4.69, 9.17) is 4.55 Å². The monoisotopic (exact) mass is 319 g/mol. The Morgan fingerprint density at radius 1 is 0.667 bits per heavy atom. The molecule has 21 heavy (non-hydrogen) atoms. The van der Waals surface area contributed by atoms with Crippen LogP contribution in [0.25, 0.3) is 0 Å². The predicted molar refractivity (Wildman–Crippen MR) is 93.7 cm³/mol. The van der Waals surface area contributed by atoms with E-state index >= 15 is 0 Å². The SMILES string of the molecule is CCCCCCCCCCCCCCCCCNS(=O)O. The summed E-state index contributed by atoms with van der Waals surface area (Å²) in [5, 5.41) is 0. The average molecular weight is 320 g/mol. The second-order valence-electron chi connectivity index (χ2n) is 6.09. The van der Waals surface area contributed by atoms with Crippen LogP contribution in [0.4, 0.5) is 0 Å². The normalized spacial score (nSPS) is 12.7. The fourth-order valence-electron chi connectivity index (χ4n) is 2.66. The van der Waals surface area contributed by atoms with Crippen LogP contribution >= 0.6 is 0 Å². The van der Waals surface area contributed by atoms with Gasteiger partial charge < -0.3 is 0 Å². The molecule has 4 heteroatoms. The summed E-state index contributed by atoms with van der Waals surface area (Å²) in [4.78, 5) is 0. The van der Waals surface area contributed by atoms with Crippen LogP contribution in [-0.2, 0) is 11.3 Å². The molecular weight excluding hydrogens is 282 g/mol. The summed E-state index contributed by atoms with van der Waals surface area (Å²) in [6, 6.07) is 0. The van der Waals surface area contributed by atoms with Crippen LogP contribution in [0.1, 0.15) is 103 Å². The lowest BCUT2D eigenvalue weighted by Gasteiger charge is -2.03.